The molecule has 2 heterocycles. The highest BCUT2D eigenvalue weighted by Crippen LogP contribution is 2.25. The van der Waals surface area contributed by atoms with Crippen LogP contribution in [0, 0.1) is 9.39 Å². The van der Waals surface area contributed by atoms with Crippen molar-refractivity contribution in [3.05, 3.63) is 62.6 Å². The Balaban J connectivity index is 2.08. The number of halogens is 2. The maximum atomic E-state index is 14.1. The Morgan fingerprint density at radius 3 is 2.80 bits per heavy atom. The zero-order chi connectivity index (χ0) is 18.0. The molecule has 0 radical (unpaired) electrons. The van der Waals surface area contributed by atoms with E-state index in [1.807, 2.05) is 22.6 Å². The van der Waals surface area contributed by atoms with E-state index in [0.29, 0.717) is 16.5 Å². The van der Waals surface area contributed by atoms with Crippen LogP contribution in [-0.2, 0) is 6.54 Å². The van der Waals surface area contributed by atoms with Gasteiger partial charge in [-0.25, -0.2) is 4.39 Å². The molecular weight excluding hydrogens is 440 g/mol. The molecule has 1 aromatic carbocycles. The molecule has 0 aliphatic heterocycles. The van der Waals surface area contributed by atoms with E-state index in [9.17, 15) is 14.3 Å². The van der Waals surface area contributed by atoms with E-state index < -0.39 is 18.5 Å². The van der Waals surface area contributed by atoms with Gasteiger partial charge in [-0.05, 0) is 46.9 Å². The van der Waals surface area contributed by atoms with Crippen molar-refractivity contribution in [2.24, 2.45) is 0 Å². The van der Waals surface area contributed by atoms with E-state index in [4.69, 9.17) is 5.11 Å². The summed E-state index contributed by atoms with van der Waals surface area (Å²) < 4.78 is 16.2. The van der Waals surface area contributed by atoms with E-state index >= 15 is 0 Å². The van der Waals surface area contributed by atoms with Crippen LogP contribution in [0.3, 0.4) is 0 Å². The molecule has 0 saturated carbocycles. The second-order valence-electron chi connectivity index (χ2n) is 5.51. The lowest BCUT2D eigenvalue weighted by Crippen LogP contribution is -2.28. The Labute approximate surface area is 156 Å². The minimum atomic E-state index is -1.04. The van der Waals surface area contributed by atoms with Crippen molar-refractivity contribution in [1.82, 2.24) is 9.55 Å². The van der Waals surface area contributed by atoms with Gasteiger partial charge in [-0.1, -0.05) is 0 Å². The van der Waals surface area contributed by atoms with Gasteiger partial charge in [0, 0.05) is 21.4 Å². The molecule has 0 spiro atoms. The standard InChI is InChI=1S/C17H15FIN3O3/c18-13-5-11(19)1-2-14(13)21-15-7-20-6-10-3-4-22(8-12(24)9-23)17(25)16(10)15/h1-7,12,21,23-24H,8-9H2. The fourth-order valence-electron chi connectivity index (χ4n) is 2.48. The van der Waals surface area contributed by atoms with Crippen LogP contribution >= 0.6 is 22.6 Å². The third-order valence-electron chi connectivity index (χ3n) is 3.70. The highest BCUT2D eigenvalue weighted by Gasteiger charge is 2.12. The first-order valence-electron chi connectivity index (χ1n) is 7.47. The number of hydrogen-bond donors (Lipinski definition) is 3. The molecule has 0 aliphatic carbocycles. The smallest absolute Gasteiger partial charge is 0.260 e. The first-order chi connectivity index (χ1) is 12.0. The van der Waals surface area contributed by atoms with E-state index in [2.05, 4.69) is 10.3 Å². The quantitative estimate of drug-likeness (QED) is 0.514. The number of fused-ring (bicyclic) bond motifs is 1. The number of aliphatic hydroxyl groups excluding tert-OH is 2. The van der Waals surface area contributed by atoms with Gasteiger partial charge in [0.05, 0.1) is 42.2 Å². The van der Waals surface area contributed by atoms with Gasteiger partial charge in [0.1, 0.15) is 5.82 Å². The zero-order valence-corrected chi connectivity index (χ0v) is 15.1. The lowest BCUT2D eigenvalue weighted by atomic mass is 10.2. The maximum absolute atomic E-state index is 14.1. The van der Waals surface area contributed by atoms with E-state index in [0.717, 1.165) is 3.57 Å². The SMILES string of the molecule is O=c1c2c(Nc3ccc(I)cc3F)cncc2ccn1CC(O)CO. The number of nitrogens with one attached hydrogen (secondary N) is 1. The largest absolute Gasteiger partial charge is 0.394 e. The summed E-state index contributed by atoms with van der Waals surface area (Å²) in [6.07, 6.45) is 3.48. The average Bonchev–Trinajstić information content (AvgIpc) is 2.59. The van der Waals surface area contributed by atoms with Crippen molar-refractivity contribution in [2.45, 2.75) is 12.6 Å². The molecule has 1 atom stereocenters. The molecule has 6 nitrogen and oxygen atoms in total. The highest BCUT2D eigenvalue weighted by atomic mass is 127. The molecule has 8 heteroatoms. The zero-order valence-electron chi connectivity index (χ0n) is 13.0. The summed E-state index contributed by atoms with van der Waals surface area (Å²) in [5.41, 5.74) is 0.246. The summed E-state index contributed by atoms with van der Waals surface area (Å²) >= 11 is 2.01. The van der Waals surface area contributed by atoms with Gasteiger partial charge in [-0.3, -0.25) is 9.78 Å². The summed E-state index contributed by atoms with van der Waals surface area (Å²) in [5.74, 6) is -0.434. The molecule has 0 aliphatic rings. The van der Waals surface area contributed by atoms with Crippen LogP contribution in [0.1, 0.15) is 0 Å². The molecule has 3 aromatic rings. The number of aliphatic hydroxyl groups is 2. The third kappa shape index (κ3) is 3.80. The molecule has 0 amide bonds. The summed E-state index contributed by atoms with van der Waals surface area (Å²) in [6.45, 7) is -0.481. The lowest BCUT2D eigenvalue weighted by molar-refractivity contribution is 0.0805. The number of aromatic nitrogens is 2. The van der Waals surface area contributed by atoms with Gasteiger partial charge < -0.3 is 20.1 Å². The molecule has 0 fully saturated rings. The van der Waals surface area contributed by atoms with Crippen molar-refractivity contribution in [1.29, 1.82) is 0 Å². The fraction of sp³-hybridized carbons (Fsp3) is 0.176. The Bertz CT molecular complexity index is 977. The van der Waals surface area contributed by atoms with Crippen LogP contribution in [0.25, 0.3) is 10.8 Å². The van der Waals surface area contributed by atoms with Crippen molar-refractivity contribution in [2.75, 3.05) is 11.9 Å². The Kier molecular flexibility index (Phi) is 5.30. The van der Waals surface area contributed by atoms with Crippen LogP contribution in [0.5, 0.6) is 0 Å². The Hall–Kier alpha value is -2.04. The molecule has 3 rings (SSSR count). The predicted molar refractivity (Wildman–Crippen MR) is 101 cm³/mol. The van der Waals surface area contributed by atoms with Gasteiger partial charge >= 0.3 is 0 Å². The lowest BCUT2D eigenvalue weighted by Gasteiger charge is -2.13. The third-order valence-corrected chi connectivity index (χ3v) is 4.37. The van der Waals surface area contributed by atoms with Crippen molar-refractivity contribution in [3.8, 4) is 0 Å². The number of hydrogen-bond acceptors (Lipinski definition) is 5. The molecule has 130 valence electrons. The number of benzene rings is 1. The summed E-state index contributed by atoms with van der Waals surface area (Å²) in [4.78, 5) is 16.8. The van der Waals surface area contributed by atoms with Crippen LogP contribution in [0.4, 0.5) is 15.8 Å². The van der Waals surface area contributed by atoms with Crippen molar-refractivity contribution >= 4 is 44.7 Å². The first-order valence-corrected chi connectivity index (χ1v) is 8.55. The number of pyridine rings is 2. The van der Waals surface area contributed by atoms with E-state index in [1.165, 1.54) is 23.0 Å². The first kappa shape index (κ1) is 17.8. The van der Waals surface area contributed by atoms with Gasteiger partial charge in [0.25, 0.3) is 5.56 Å². The molecule has 0 bridgehead atoms. The van der Waals surface area contributed by atoms with Crippen LogP contribution < -0.4 is 10.9 Å². The fourth-order valence-corrected chi connectivity index (χ4v) is 2.94. The summed E-state index contributed by atoms with van der Waals surface area (Å²) in [6, 6.07) is 6.41. The Morgan fingerprint density at radius 1 is 1.28 bits per heavy atom. The van der Waals surface area contributed by atoms with Crippen molar-refractivity contribution < 1.29 is 14.6 Å². The summed E-state index contributed by atoms with van der Waals surface area (Å²) in [7, 11) is 0. The monoisotopic (exact) mass is 455 g/mol. The summed E-state index contributed by atoms with van der Waals surface area (Å²) in [5, 5.41) is 22.4. The maximum Gasteiger partial charge on any atom is 0.260 e. The van der Waals surface area contributed by atoms with Gasteiger partial charge in [0.2, 0.25) is 0 Å². The second kappa shape index (κ2) is 7.46. The molecule has 0 saturated heterocycles. The molecule has 25 heavy (non-hydrogen) atoms. The molecular formula is C17H15FIN3O3. The number of nitrogens with zero attached hydrogens (tertiary/aromatic N) is 2. The molecule has 2 aromatic heterocycles. The van der Waals surface area contributed by atoms with Crippen LogP contribution in [0.2, 0.25) is 0 Å². The van der Waals surface area contributed by atoms with E-state index in [1.54, 1.807) is 24.4 Å². The average molecular weight is 455 g/mol. The van der Waals surface area contributed by atoms with Gasteiger partial charge in [-0.15, -0.1) is 0 Å². The van der Waals surface area contributed by atoms with Gasteiger partial charge in [-0.2, -0.15) is 0 Å². The van der Waals surface area contributed by atoms with E-state index in [-0.39, 0.29) is 17.8 Å². The van der Waals surface area contributed by atoms with Crippen LogP contribution in [0.15, 0.2) is 47.7 Å². The number of anilines is 2. The van der Waals surface area contributed by atoms with Crippen molar-refractivity contribution in [3.63, 3.8) is 0 Å². The Morgan fingerprint density at radius 2 is 2.08 bits per heavy atom. The minimum absolute atomic E-state index is 0.0368. The second-order valence-corrected chi connectivity index (χ2v) is 6.76. The topological polar surface area (TPSA) is 87.4 Å². The molecule has 1 unspecified atom stereocenters. The van der Waals surface area contributed by atoms with Gasteiger partial charge in [0.15, 0.2) is 0 Å². The highest BCUT2D eigenvalue weighted by molar-refractivity contribution is 14.1. The predicted octanol–water partition coefficient (Wildman–Crippen LogP) is 2.24. The normalized spacial score (nSPS) is 12.3. The number of rotatable bonds is 5. The van der Waals surface area contributed by atoms with Crippen LogP contribution in [-0.4, -0.2) is 32.5 Å². The molecule has 3 N–H and O–H groups in total. The minimum Gasteiger partial charge on any atom is -0.394 e.